The van der Waals surface area contributed by atoms with Crippen molar-refractivity contribution in [2.75, 3.05) is 13.6 Å². The van der Waals surface area contributed by atoms with E-state index in [4.69, 9.17) is 0 Å². The molecular weight excluding hydrogens is 381 g/mol. The third-order valence-corrected chi connectivity index (χ3v) is 4.88. The number of benzene rings is 2. The first-order valence-electron chi connectivity index (χ1n) is 7.62. The lowest BCUT2D eigenvalue weighted by Crippen LogP contribution is -2.24. The molecule has 0 atom stereocenters. The minimum absolute atomic E-state index is 0.272. The molecule has 0 bridgehead atoms. The van der Waals surface area contributed by atoms with Crippen molar-refractivity contribution in [2.45, 2.75) is 11.1 Å². The fourth-order valence-electron chi connectivity index (χ4n) is 2.10. The smallest absolute Gasteiger partial charge is 0.355 e. The van der Waals surface area contributed by atoms with Crippen LogP contribution < -0.4 is 10.0 Å². The van der Waals surface area contributed by atoms with Gasteiger partial charge in [0.1, 0.15) is 0 Å². The van der Waals surface area contributed by atoms with Crippen LogP contribution in [0.3, 0.4) is 0 Å². The second-order valence-corrected chi connectivity index (χ2v) is 7.04. The van der Waals surface area contributed by atoms with Crippen LogP contribution in [0, 0.1) is 11.8 Å². The quantitative estimate of drug-likeness (QED) is 0.780. The number of hydrogen-bond donors (Lipinski definition) is 2. The average Bonchev–Trinajstić information content (AvgIpc) is 2.64. The Hall–Kier alpha value is -2.83. The monoisotopic (exact) mass is 396 g/mol. The highest BCUT2D eigenvalue weighted by atomic mass is 32.2. The molecule has 0 aromatic heterocycles. The van der Waals surface area contributed by atoms with Gasteiger partial charge in [0, 0.05) is 12.6 Å². The van der Waals surface area contributed by atoms with Gasteiger partial charge in [-0.2, -0.15) is 17.9 Å². The Morgan fingerprint density at radius 1 is 1.07 bits per heavy atom. The highest BCUT2D eigenvalue weighted by Gasteiger charge is 2.30. The molecule has 2 aromatic rings. The van der Waals surface area contributed by atoms with Crippen LogP contribution in [0.2, 0.25) is 0 Å². The van der Waals surface area contributed by atoms with Crippen molar-refractivity contribution in [1.29, 1.82) is 0 Å². The topological polar surface area (TPSA) is 75.3 Å². The summed E-state index contributed by atoms with van der Waals surface area (Å²) in [6.45, 7) is -0.272. The summed E-state index contributed by atoms with van der Waals surface area (Å²) in [5.74, 6) is 4.95. The van der Waals surface area contributed by atoms with Gasteiger partial charge in [-0.25, -0.2) is 8.42 Å². The van der Waals surface area contributed by atoms with E-state index in [1.807, 2.05) is 0 Å². The van der Waals surface area contributed by atoms with Crippen LogP contribution in [-0.4, -0.2) is 27.9 Å². The van der Waals surface area contributed by atoms with Gasteiger partial charge >= 0.3 is 6.18 Å². The number of amides is 1. The van der Waals surface area contributed by atoms with E-state index in [9.17, 15) is 26.4 Å². The zero-order valence-corrected chi connectivity index (χ0v) is 14.9. The van der Waals surface area contributed by atoms with Crippen molar-refractivity contribution in [3.63, 3.8) is 0 Å². The van der Waals surface area contributed by atoms with Crippen molar-refractivity contribution >= 4 is 15.9 Å². The van der Waals surface area contributed by atoms with Crippen LogP contribution in [0.5, 0.6) is 0 Å². The Morgan fingerprint density at radius 2 is 1.70 bits per heavy atom. The SMILES string of the molecule is CNC(=O)c1ccccc1C#CCNS(=O)(=O)c1ccc(C(F)(F)F)cc1. The molecule has 0 heterocycles. The molecule has 1 amide bonds. The predicted molar refractivity (Wildman–Crippen MR) is 93.3 cm³/mol. The molecule has 27 heavy (non-hydrogen) atoms. The van der Waals surface area contributed by atoms with Crippen LogP contribution >= 0.6 is 0 Å². The molecule has 0 radical (unpaired) electrons. The van der Waals surface area contributed by atoms with E-state index in [2.05, 4.69) is 21.9 Å². The fraction of sp³-hybridized carbons (Fsp3) is 0.167. The number of halogens is 3. The van der Waals surface area contributed by atoms with E-state index in [0.29, 0.717) is 23.3 Å². The first-order chi connectivity index (χ1) is 12.6. The normalized spacial score (nSPS) is 11.4. The van der Waals surface area contributed by atoms with Gasteiger partial charge in [-0.3, -0.25) is 4.79 Å². The van der Waals surface area contributed by atoms with E-state index in [1.54, 1.807) is 24.3 Å². The third-order valence-electron chi connectivity index (χ3n) is 3.46. The summed E-state index contributed by atoms with van der Waals surface area (Å²) in [7, 11) is -2.53. The molecule has 0 aliphatic carbocycles. The van der Waals surface area contributed by atoms with Gasteiger partial charge in [0.05, 0.1) is 22.6 Å². The van der Waals surface area contributed by atoms with Crippen LogP contribution in [-0.2, 0) is 16.2 Å². The Morgan fingerprint density at radius 3 is 2.30 bits per heavy atom. The van der Waals surface area contributed by atoms with Crippen LogP contribution in [0.1, 0.15) is 21.5 Å². The molecular formula is C18H15F3N2O3S. The third kappa shape index (κ3) is 5.32. The van der Waals surface area contributed by atoms with E-state index in [0.717, 1.165) is 12.1 Å². The first kappa shape index (κ1) is 20.5. The zero-order valence-electron chi connectivity index (χ0n) is 14.1. The molecule has 2 N–H and O–H groups in total. The van der Waals surface area contributed by atoms with Crippen molar-refractivity contribution < 1.29 is 26.4 Å². The van der Waals surface area contributed by atoms with Gasteiger partial charge in [-0.15, -0.1) is 0 Å². The van der Waals surface area contributed by atoms with Gasteiger partial charge < -0.3 is 5.32 Å². The van der Waals surface area contributed by atoms with Gasteiger partial charge in [-0.05, 0) is 36.4 Å². The number of carbonyl (C=O) groups excluding carboxylic acids is 1. The fourth-order valence-corrected chi connectivity index (χ4v) is 3.02. The van der Waals surface area contributed by atoms with Gasteiger partial charge in [0.25, 0.3) is 5.91 Å². The van der Waals surface area contributed by atoms with E-state index >= 15 is 0 Å². The maximum absolute atomic E-state index is 12.5. The Kier molecular flexibility index (Phi) is 6.25. The molecule has 142 valence electrons. The van der Waals surface area contributed by atoms with E-state index in [-0.39, 0.29) is 17.3 Å². The Bertz CT molecular complexity index is 989. The summed E-state index contributed by atoms with van der Waals surface area (Å²) in [6, 6.07) is 9.68. The highest BCUT2D eigenvalue weighted by molar-refractivity contribution is 7.89. The number of carbonyl (C=O) groups is 1. The molecule has 2 rings (SSSR count). The standard InChI is InChI=1S/C18H15F3N2O3S/c1-22-17(24)16-7-3-2-5-13(16)6-4-12-23-27(25,26)15-10-8-14(9-11-15)18(19,20)21/h2-3,5,7-11,23H,12H2,1H3,(H,22,24). The second-order valence-electron chi connectivity index (χ2n) is 5.27. The van der Waals surface area contributed by atoms with E-state index < -0.39 is 21.8 Å². The van der Waals surface area contributed by atoms with Crippen LogP contribution in [0.25, 0.3) is 0 Å². The molecule has 5 nitrogen and oxygen atoms in total. The molecule has 2 aromatic carbocycles. The molecule has 0 saturated carbocycles. The minimum atomic E-state index is -4.54. The molecule has 0 aliphatic rings. The Labute approximate surface area is 154 Å². The molecule has 0 unspecified atom stereocenters. The van der Waals surface area contributed by atoms with Crippen molar-refractivity contribution in [3.05, 3.63) is 65.2 Å². The molecule has 9 heteroatoms. The molecule has 0 aliphatic heterocycles. The summed E-state index contributed by atoms with van der Waals surface area (Å²) in [4.78, 5) is 11.4. The largest absolute Gasteiger partial charge is 0.416 e. The summed E-state index contributed by atoms with van der Waals surface area (Å²) < 4.78 is 64.0. The van der Waals surface area contributed by atoms with Crippen molar-refractivity contribution in [1.82, 2.24) is 10.0 Å². The maximum atomic E-state index is 12.5. The van der Waals surface area contributed by atoms with Crippen molar-refractivity contribution in [3.8, 4) is 11.8 Å². The lowest BCUT2D eigenvalue weighted by atomic mass is 10.1. The number of nitrogens with one attached hydrogen (secondary N) is 2. The highest BCUT2D eigenvalue weighted by Crippen LogP contribution is 2.29. The lowest BCUT2D eigenvalue weighted by Gasteiger charge is -2.08. The van der Waals surface area contributed by atoms with Crippen LogP contribution in [0.4, 0.5) is 13.2 Å². The zero-order chi connectivity index (χ0) is 20.1. The van der Waals surface area contributed by atoms with Gasteiger partial charge in [0.15, 0.2) is 0 Å². The predicted octanol–water partition coefficient (Wildman–Crippen LogP) is 2.40. The number of hydrogen-bond acceptors (Lipinski definition) is 3. The van der Waals surface area contributed by atoms with Gasteiger partial charge in [0.2, 0.25) is 10.0 Å². The molecule has 0 spiro atoms. The average molecular weight is 396 g/mol. The number of alkyl halides is 3. The summed E-state index contributed by atoms with van der Waals surface area (Å²) in [5.41, 5.74) is -0.171. The number of rotatable bonds is 4. The lowest BCUT2D eigenvalue weighted by molar-refractivity contribution is -0.137. The molecule has 0 saturated heterocycles. The maximum Gasteiger partial charge on any atom is 0.416 e. The summed E-state index contributed by atoms with van der Waals surface area (Å²) in [5, 5.41) is 2.47. The summed E-state index contributed by atoms with van der Waals surface area (Å²) >= 11 is 0. The van der Waals surface area contributed by atoms with Gasteiger partial charge in [-0.1, -0.05) is 24.0 Å². The van der Waals surface area contributed by atoms with Crippen molar-refractivity contribution in [2.24, 2.45) is 0 Å². The Balaban J connectivity index is 2.10. The summed E-state index contributed by atoms with van der Waals surface area (Å²) in [6.07, 6.45) is -4.54. The van der Waals surface area contributed by atoms with Crippen LogP contribution in [0.15, 0.2) is 53.4 Å². The first-order valence-corrected chi connectivity index (χ1v) is 9.10. The minimum Gasteiger partial charge on any atom is -0.355 e. The number of sulfonamides is 1. The van der Waals surface area contributed by atoms with E-state index in [1.165, 1.54) is 7.05 Å². The molecule has 0 fully saturated rings. The second kappa shape index (κ2) is 8.24.